The molecule has 146 valence electrons. The first-order chi connectivity index (χ1) is 12.1. The largest absolute Gasteiger partial charge is 0.492 e. The van der Waals surface area contributed by atoms with Crippen LogP contribution in [0.2, 0.25) is 0 Å². The molecule has 0 aromatic heterocycles. The zero-order chi connectivity index (χ0) is 20.6. The number of rotatable bonds is 1. The fourth-order valence-electron chi connectivity index (χ4n) is 3.69. The van der Waals surface area contributed by atoms with Gasteiger partial charge >= 0.3 is 12.1 Å². The maximum Gasteiger partial charge on any atom is 0.492 e. The molecule has 27 heavy (non-hydrogen) atoms. The number of nitrogens with one attached hydrogen (secondary N) is 2. The van der Waals surface area contributed by atoms with Crippen LogP contribution in [0.25, 0.3) is 0 Å². The molecule has 2 saturated heterocycles. The lowest BCUT2D eigenvalue weighted by Crippen LogP contribution is -2.53. The van der Waals surface area contributed by atoms with Crippen LogP contribution in [0.5, 0.6) is 0 Å². The normalized spacial score (nSPS) is 30.3. The summed E-state index contributed by atoms with van der Waals surface area (Å²) in [5.74, 6) is -0.253. The summed E-state index contributed by atoms with van der Waals surface area (Å²) in [7, 11) is 0. The van der Waals surface area contributed by atoms with E-state index in [2.05, 4.69) is 10.6 Å². The van der Waals surface area contributed by atoms with Crippen molar-refractivity contribution in [2.75, 3.05) is 0 Å². The Hall–Kier alpha value is -2.44. The van der Waals surface area contributed by atoms with E-state index in [1.54, 1.807) is 17.1 Å². The summed E-state index contributed by atoms with van der Waals surface area (Å²) in [6.45, 7) is 15.6. The van der Waals surface area contributed by atoms with E-state index in [-0.39, 0.29) is 23.6 Å². The molecule has 7 heteroatoms. The minimum Gasteiger partial charge on any atom is -0.330 e. The highest BCUT2D eigenvalue weighted by molar-refractivity contribution is 6.47. The van der Waals surface area contributed by atoms with Gasteiger partial charge in [-0.25, -0.2) is 10.1 Å². The van der Waals surface area contributed by atoms with Gasteiger partial charge in [-0.3, -0.25) is 9.69 Å². The van der Waals surface area contributed by atoms with E-state index in [4.69, 9.17) is 0 Å². The number of nitrogens with zero attached hydrogens (tertiary/aromatic N) is 2. The molecular formula is C20H29N4O3+. The van der Waals surface area contributed by atoms with Crippen LogP contribution in [-0.4, -0.2) is 55.2 Å². The Balaban J connectivity index is 2.17. The van der Waals surface area contributed by atoms with Gasteiger partial charge in [-0.15, -0.1) is 0 Å². The van der Waals surface area contributed by atoms with Crippen LogP contribution in [0.4, 0.5) is 9.59 Å². The Morgan fingerprint density at radius 2 is 1.44 bits per heavy atom. The van der Waals surface area contributed by atoms with Gasteiger partial charge in [0.2, 0.25) is 5.78 Å². The molecular weight excluding hydrogens is 344 g/mol. The summed E-state index contributed by atoms with van der Waals surface area (Å²) >= 11 is 0. The van der Waals surface area contributed by atoms with Gasteiger partial charge in [-0.2, -0.15) is 9.37 Å². The van der Waals surface area contributed by atoms with Crippen molar-refractivity contribution in [3.63, 3.8) is 0 Å². The minimum absolute atomic E-state index is 0.222. The average Bonchev–Trinajstić information content (AvgIpc) is 2.74. The predicted molar refractivity (Wildman–Crippen MR) is 103 cm³/mol. The third-order valence-corrected chi connectivity index (χ3v) is 6.86. The lowest BCUT2D eigenvalue weighted by Gasteiger charge is -2.39. The van der Waals surface area contributed by atoms with Gasteiger partial charge in [0.05, 0.1) is 16.8 Å². The molecule has 2 heterocycles. The van der Waals surface area contributed by atoms with Gasteiger partial charge in [-0.05, 0) is 67.5 Å². The fraction of sp³-hybridized carbons (Fsp3) is 0.600. The molecule has 0 atom stereocenters. The summed E-state index contributed by atoms with van der Waals surface area (Å²) < 4.78 is 1.50. The summed E-state index contributed by atoms with van der Waals surface area (Å²) in [6.07, 6.45) is 4.71. The predicted octanol–water partition coefficient (Wildman–Crippen LogP) is 2.33. The average molecular weight is 373 g/mol. The third-order valence-electron chi connectivity index (χ3n) is 6.86. The molecule has 2 fully saturated rings. The maximum absolute atomic E-state index is 12.7. The number of urea groups is 2. The molecule has 3 aliphatic rings. The molecule has 4 amide bonds. The van der Waals surface area contributed by atoms with Gasteiger partial charge in [0.25, 0.3) is 0 Å². The summed E-state index contributed by atoms with van der Waals surface area (Å²) in [6, 6.07) is -0.537. The van der Waals surface area contributed by atoms with Crippen molar-refractivity contribution in [2.24, 2.45) is 0 Å². The van der Waals surface area contributed by atoms with Crippen LogP contribution in [0.3, 0.4) is 0 Å². The summed E-state index contributed by atoms with van der Waals surface area (Å²) in [4.78, 5) is 39.6. The number of carbonyl (C=O) groups excluding carboxylic acids is 3. The van der Waals surface area contributed by atoms with E-state index >= 15 is 0 Å². The molecule has 0 aromatic carbocycles. The van der Waals surface area contributed by atoms with Crippen LogP contribution in [0, 0.1) is 0 Å². The molecule has 0 unspecified atom stereocenters. The molecule has 0 radical (unpaired) electrons. The third kappa shape index (κ3) is 2.47. The van der Waals surface area contributed by atoms with Crippen LogP contribution in [0.1, 0.15) is 55.4 Å². The van der Waals surface area contributed by atoms with Crippen LogP contribution >= 0.6 is 0 Å². The molecule has 0 spiro atoms. The highest BCUT2D eigenvalue weighted by Crippen LogP contribution is 2.38. The Kier molecular flexibility index (Phi) is 3.79. The van der Waals surface area contributed by atoms with E-state index in [0.717, 1.165) is 0 Å². The van der Waals surface area contributed by atoms with Gasteiger partial charge in [0.1, 0.15) is 5.54 Å². The second-order valence-electron chi connectivity index (χ2n) is 9.55. The SMILES string of the molecule is CC1(C)NC(=O)N(C2=CC(=[N+]3C(=O)NC(C)(C)C3(C)C)C(=O)C=C2)C1(C)C. The van der Waals surface area contributed by atoms with Gasteiger partial charge in [0, 0.05) is 6.08 Å². The van der Waals surface area contributed by atoms with Crippen LogP contribution in [0.15, 0.2) is 23.9 Å². The Bertz CT molecular complexity index is 856. The lowest BCUT2D eigenvalue weighted by atomic mass is 9.82. The molecule has 2 N–H and O–H groups in total. The number of hydrogen-bond acceptors (Lipinski definition) is 3. The molecule has 7 nitrogen and oxygen atoms in total. The van der Waals surface area contributed by atoms with Gasteiger partial charge < -0.3 is 5.32 Å². The zero-order valence-electron chi connectivity index (χ0n) is 17.4. The Morgan fingerprint density at radius 3 is 1.89 bits per heavy atom. The lowest BCUT2D eigenvalue weighted by molar-refractivity contribution is -0.500. The Morgan fingerprint density at radius 1 is 0.852 bits per heavy atom. The molecule has 1 aliphatic carbocycles. The van der Waals surface area contributed by atoms with E-state index in [1.807, 2.05) is 55.4 Å². The minimum atomic E-state index is -0.621. The second kappa shape index (κ2) is 5.30. The van der Waals surface area contributed by atoms with Crippen molar-refractivity contribution in [1.82, 2.24) is 15.5 Å². The summed E-state index contributed by atoms with van der Waals surface area (Å²) in [5.41, 5.74) is -1.25. The van der Waals surface area contributed by atoms with E-state index in [9.17, 15) is 14.4 Å². The smallest absolute Gasteiger partial charge is 0.330 e. The molecule has 2 aliphatic heterocycles. The maximum atomic E-state index is 12.7. The number of allylic oxidation sites excluding steroid dienone is 3. The second-order valence-corrected chi connectivity index (χ2v) is 9.55. The van der Waals surface area contributed by atoms with Crippen molar-refractivity contribution in [3.8, 4) is 0 Å². The quantitative estimate of drug-likeness (QED) is 0.547. The molecule has 3 rings (SSSR count). The van der Waals surface area contributed by atoms with Crippen LogP contribution < -0.4 is 10.6 Å². The van der Waals surface area contributed by atoms with Crippen molar-refractivity contribution in [3.05, 3.63) is 23.9 Å². The van der Waals surface area contributed by atoms with Crippen molar-refractivity contribution in [2.45, 2.75) is 77.5 Å². The number of amides is 4. The number of hydrogen-bond donors (Lipinski definition) is 2. The standard InChI is InChI=1S/C20H28N4O3/c1-17(2)19(5,6)23(15(26)21-17)12-9-10-14(25)13(11-12)24-16(27)22-18(3,4)20(24,7)8/h9-11H,1-8H3,(H-,21,22,26,27)/p+1. The highest BCUT2D eigenvalue weighted by atomic mass is 16.2. The molecule has 0 bridgehead atoms. The van der Waals surface area contributed by atoms with Crippen molar-refractivity contribution in [1.29, 1.82) is 0 Å². The highest BCUT2D eigenvalue weighted by Gasteiger charge is 2.59. The monoisotopic (exact) mass is 373 g/mol. The van der Waals surface area contributed by atoms with Gasteiger partial charge in [0.15, 0.2) is 11.3 Å². The van der Waals surface area contributed by atoms with Crippen LogP contribution in [-0.2, 0) is 4.79 Å². The number of carbonyl (C=O) groups is 3. The Labute approximate surface area is 160 Å². The van der Waals surface area contributed by atoms with E-state index in [1.165, 1.54) is 10.7 Å². The first-order valence-corrected chi connectivity index (χ1v) is 9.19. The number of ketones is 1. The van der Waals surface area contributed by atoms with E-state index < -0.39 is 22.2 Å². The first-order valence-electron chi connectivity index (χ1n) is 9.19. The molecule has 0 aromatic rings. The van der Waals surface area contributed by atoms with Crippen molar-refractivity contribution >= 4 is 23.6 Å². The van der Waals surface area contributed by atoms with E-state index in [0.29, 0.717) is 5.70 Å². The topological polar surface area (TPSA) is 81.5 Å². The fourth-order valence-corrected chi connectivity index (χ4v) is 3.69. The zero-order valence-corrected chi connectivity index (χ0v) is 17.4. The summed E-state index contributed by atoms with van der Waals surface area (Å²) in [5, 5.41) is 5.93. The molecule has 0 saturated carbocycles. The van der Waals surface area contributed by atoms with Gasteiger partial charge in [-0.1, -0.05) is 0 Å². The first kappa shape index (κ1) is 19.3. The van der Waals surface area contributed by atoms with Crippen molar-refractivity contribution < 1.29 is 19.0 Å².